The molecule has 0 saturated carbocycles. The molecular formula is C13H18F3O3P. The maximum Gasteiger partial charge on any atom is 0.416 e. The Hall–Kier alpha value is -0.840. The van der Waals surface area contributed by atoms with E-state index >= 15 is 0 Å². The summed E-state index contributed by atoms with van der Waals surface area (Å²) in [6.07, 6.45) is -4.60. The quantitative estimate of drug-likeness (QED) is 0.709. The first kappa shape index (κ1) is 17.2. The van der Waals surface area contributed by atoms with Crippen LogP contribution in [0.3, 0.4) is 0 Å². The first-order valence-corrected chi connectivity index (χ1v) is 7.99. The van der Waals surface area contributed by atoms with Gasteiger partial charge in [-0.15, -0.1) is 0 Å². The zero-order valence-electron chi connectivity index (χ0n) is 11.7. The minimum absolute atomic E-state index is 0.129. The van der Waals surface area contributed by atoms with E-state index in [0.29, 0.717) is 0 Å². The van der Waals surface area contributed by atoms with Crippen LogP contribution in [0.15, 0.2) is 18.2 Å². The molecule has 0 aliphatic heterocycles. The Morgan fingerprint density at radius 2 is 1.70 bits per heavy atom. The Morgan fingerprint density at radius 3 is 2.15 bits per heavy atom. The molecule has 1 aromatic rings. The van der Waals surface area contributed by atoms with Crippen molar-refractivity contribution in [2.45, 2.75) is 33.1 Å². The molecular weight excluding hydrogens is 292 g/mol. The molecule has 0 amide bonds. The van der Waals surface area contributed by atoms with Crippen LogP contribution in [0.25, 0.3) is 0 Å². The first-order valence-electron chi connectivity index (χ1n) is 6.26. The average Bonchev–Trinajstić information content (AvgIpc) is 2.30. The van der Waals surface area contributed by atoms with Gasteiger partial charge in [-0.1, -0.05) is 12.1 Å². The van der Waals surface area contributed by atoms with Crippen LogP contribution in [0.2, 0.25) is 0 Å². The van der Waals surface area contributed by atoms with Gasteiger partial charge in [0.1, 0.15) is 0 Å². The van der Waals surface area contributed by atoms with E-state index in [1.165, 1.54) is 19.1 Å². The van der Waals surface area contributed by atoms with Gasteiger partial charge in [0.05, 0.1) is 24.9 Å². The summed E-state index contributed by atoms with van der Waals surface area (Å²) < 4.78 is 60.9. The van der Waals surface area contributed by atoms with E-state index in [4.69, 9.17) is 9.05 Å². The van der Waals surface area contributed by atoms with Gasteiger partial charge in [0.25, 0.3) is 0 Å². The lowest BCUT2D eigenvalue weighted by atomic mass is 10.1. The number of halogens is 3. The SMILES string of the molecule is CCOP(=O)(Cc1ccc(C)c(C(F)(F)F)c1)OCC. The molecule has 0 saturated heterocycles. The minimum atomic E-state index is -4.43. The Labute approximate surface area is 116 Å². The second-order valence-corrected chi connectivity index (χ2v) is 6.31. The van der Waals surface area contributed by atoms with Crippen molar-refractivity contribution in [3.63, 3.8) is 0 Å². The molecule has 0 spiro atoms. The van der Waals surface area contributed by atoms with Crippen LogP contribution in [-0.2, 0) is 26.0 Å². The zero-order valence-corrected chi connectivity index (χ0v) is 12.6. The lowest BCUT2D eigenvalue weighted by Gasteiger charge is -2.18. The highest BCUT2D eigenvalue weighted by atomic mass is 31.2. The van der Waals surface area contributed by atoms with Crippen LogP contribution >= 0.6 is 7.60 Å². The van der Waals surface area contributed by atoms with E-state index < -0.39 is 19.3 Å². The maximum atomic E-state index is 12.8. The van der Waals surface area contributed by atoms with Crippen molar-refractivity contribution < 1.29 is 26.8 Å². The van der Waals surface area contributed by atoms with Crippen molar-refractivity contribution in [2.24, 2.45) is 0 Å². The van der Waals surface area contributed by atoms with Crippen molar-refractivity contribution in [1.29, 1.82) is 0 Å². The first-order chi connectivity index (χ1) is 9.22. The number of rotatable bonds is 6. The molecule has 114 valence electrons. The molecule has 1 rings (SSSR count). The fourth-order valence-corrected chi connectivity index (χ4v) is 3.51. The lowest BCUT2D eigenvalue weighted by molar-refractivity contribution is -0.138. The topological polar surface area (TPSA) is 35.5 Å². The molecule has 0 bridgehead atoms. The summed E-state index contributed by atoms with van der Waals surface area (Å²) in [4.78, 5) is 0. The molecule has 0 atom stereocenters. The van der Waals surface area contributed by atoms with Crippen LogP contribution < -0.4 is 0 Å². The van der Waals surface area contributed by atoms with Gasteiger partial charge in [-0.05, 0) is 38.0 Å². The number of hydrogen-bond acceptors (Lipinski definition) is 3. The van der Waals surface area contributed by atoms with Gasteiger partial charge in [-0.2, -0.15) is 13.2 Å². The molecule has 1 aromatic carbocycles. The zero-order chi connectivity index (χ0) is 15.4. The van der Waals surface area contributed by atoms with E-state index in [9.17, 15) is 17.7 Å². The summed E-state index contributed by atoms with van der Waals surface area (Å²) in [5, 5.41) is 0. The van der Waals surface area contributed by atoms with Crippen molar-refractivity contribution in [2.75, 3.05) is 13.2 Å². The van der Waals surface area contributed by atoms with Gasteiger partial charge in [0, 0.05) is 0 Å². The van der Waals surface area contributed by atoms with Crippen molar-refractivity contribution >= 4 is 7.60 Å². The molecule has 0 aliphatic rings. The van der Waals surface area contributed by atoms with Gasteiger partial charge in [-0.25, -0.2) is 0 Å². The molecule has 0 heterocycles. The van der Waals surface area contributed by atoms with Gasteiger partial charge in [0.2, 0.25) is 0 Å². The molecule has 0 unspecified atom stereocenters. The van der Waals surface area contributed by atoms with Gasteiger partial charge in [0.15, 0.2) is 0 Å². The van der Waals surface area contributed by atoms with E-state index in [0.717, 1.165) is 6.07 Å². The number of alkyl halides is 3. The predicted octanol–water partition coefficient (Wildman–Crippen LogP) is 4.78. The highest BCUT2D eigenvalue weighted by Crippen LogP contribution is 2.51. The van der Waals surface area contributed by atoms with Gasteiger partial charge in [-0.3, -0.25) is 4.57 Å². The van der Waals surface area contributed by atoms with Crippen LogP contribution in [0.1, 0.15) is 30.5 Å². The predicted molar refractivity (Wildman–Crippen MR) is 70.7 cm³/mol. The molecule has 3 nitrogen and oxygen atoms in total. The Bertz CT molecular complexity index is 490. The largest absolute Gasteiger partial charge is 0.416 e. The van der Waals surface area contributed by atoms with E-state index in [1.54, 1.807) is 13.8 Å². The van der Waals surface area contributed by atoms with Crippen LogP contribution in [0, 0.1) is 6.92 Å². The third-order valence-corrected chi connectivity index (χ3v) is 4.69. The number of aryl methyl sites for hydroxylation is 1. The second-order valence-electron chi connectivity index (χ2n) is 4.25. The summed E-state index contributed by atoms with van der Waals surface area (Å²) in [6, 6.07) is 3.87. The van der Waals surface area contributed by atoms with Crippen molar-refractivity contribution in [3.8, 4) is 0 Å². The molecule has 0 radical (unpaired) electrons. The summed E-state index contributed by atoms with van der Waals surface area (Å²) in [6.45, 7) is 5.05. The highest BCUT2D eigenvalue weighted by Gasteiger charge is 2.33. The highest BCUT2D eigenvalue weighted by molar-refractivity contribution is 7.53. The Balaban J connectivity index is 3.06. The Kier molecular flexibility index (Phi) is 5.80. The molecule has 0 fully saturated rings. The van der Waals surface area contributed by atoms with Crippen molar-refractivity contribution in [1.82, 2.24) is 0 Å². The summed E-state index contributed by atoms with van der Waals surface area (Å²) >= 11 is 0. The maximum absolute atomic E-state index is 12.8. The molecule has 0 aromatic heterocycles. The van der Waals surface area contributed by atoms with Crippen LogP contribution in [0.5, 0.6) is 0 Å². The smallest absolute Gasteiger partial charge is 0.309 e. The molecule has 0 N–H and O–H groups in total. The molecule has 20 heavy (non-hydrogen) atoms. The van der Waals surface area contributed by atoms with E-state index in [1.807, 2.05) is 0 Å². The van der Waals surface area contributed by atoms with Gasteiger partial charge >= 0.3 is 13.8 Å². The number of benzene rings is 1. The molecule has 0 aliphatic carbocycles. The lowest BCUT2D eigenvalue weighted by Crippen LogP contribution is -2.08. The third-order valence-electron chi connectivity index (χ3n) is 2.64. The summed E-state index contributed by atoms with van der Waals surface area (Å²) in [7, 11) is -3.40. The summed E-state index contributed by atoms with van der Waals surface area (Å²) in [5.74, 6) is 0. The number of hydrogen-bond donors (Lipinski definition) is 0. The Morgan fingerprint density at radius 1 is 1.15 bits per heavy atom. The fraction of sp³-hybridized carbons (Fsp3) is 0.538. The van der Waals surface area contributed by atoms with Gasteiger partial charge < -0.3 is 9.05 Å². The summed E-state index contributed by atoms with van der Waals surface area (Å²) in [5.41, 5.74) is -0.313. The minimum Gasteiger partial charge on any atom is -0.309 e. The van der Waals surface area contributed by atoms with Crippen LogP contribution in [-0.4, -0.2) is 13.2 Å². The standard InChI is InChI=1S/C13H18F3O3P/c1-4-18-20(17,19-5-2)9-11-7-6-10(3)12(8-11)13(14,15)16/h6-8H,4-5,9H2,1-3H3. The van der Waals surface area contributed by atoms with Crippen LogP contribution in [0.4, 0.5) is 13.2 Å². The van der Waals surface area contributed by atoms with E-state index in [-0.39, 0.29) is 30.5 Å². The fourth-order valence-electron chi connectivity index (χ4n) is 1.82. The van der Waals surface area contributed by atoms with E-state index in [2.05, 4.69) is 0 Å². The monoisotopic (exact) mass is 310 g/mol. The normalized spacial score (nSPS) is 12.7. The third kappa shape index (κ3) is 4.62. The molecule has 7 heteroatoms. The second kappa shape index (κ2) is 6.74. The average molecular weight is 310 g/mol. The van der Waals surface area contributed by atoms with Crippen molar-refractivity contribution in [3.05, 3.63) is 34.9 Å².